The third kappa shape index (κ3) is 4.16. The largest absolute Gasteiger partial charge is 0.430 e. The van der Waals surface area contributed by atoms with Gasteiger partial charge in [0.15, 0.2) is 0 Å². The SMILES string of the molecule is CN(C1C=CC(C(O)(C(F)(F)F)C(F)(F)F)=CC1)S(=O)(=O)C1C=C([N+](=O)[O-])C=CC1. The lowest BCUT2D eigenvalue weighted by atomic mass is 9.87. The van der Waals surface area contributed by atoms with Crippen molar-refractivity contribution in [3.63, 3.8) is 0 Å². The van der Waals surface area contributed by atoms with E-state index in [-0.39, 0.29) is 6.42 Å². The highest BCUT2D eigenvalue weighted by atomic mass is 32.2. The van der Waals surface area contributed by atoms with Gasteiger partial charge in [0.2, 0.25) is 10.0 Å². The van der Waals surface area contributed by atoms with Gasteiger partial charge in [0.05, 0.1) is 4.92 Å². The molecule has 0 radical (unpaired) electrons. The minimum Gasteiger partial charge on any atom is -0.370 e. The Bertz CT molecular complexity index is 919. The quantitative estimate of drug-likeness (QED) is 0.385. The van der Waals surface area contributed by atoms with Gasteiger partial charge in [0, 0.05) is 25.2 Å². The molecule has 7 nitrogen and oxygen atoms in total. The third-order valence-corrected chi connectivity index (χ3v) is 6.96. The average molecular weight is 462 g/mol. The van der Waals surface area contributed by atoms with E-state index in [9.17, 15) is 50.0 Å². The molecule has 2 aliphatic rings. The van der Waals surface area contributed by atoms with Crippen LogP contribution in [0.15, 0.2) is 47.7 Å². The number of aliphatic hydroxyl groups is 1. The molecular formula is C16H16F6N2O5S. The van der Waals surface area contributed by atoms with Gasteiger partial charge in [-0.05, 0) is 18.4 Å². The summed E-state index contributed by atoms with van der Waals surface area (Å²) in [5.41, 5.74) is -7.03. The summed E-state index contributed by atoms with van der Waals surface area (Å²) in [6.07, 6.45) is -7.83. The standard InChI is InChI=1S/C16H16F6N2O5S/c1-23(30(28,29)13-4-2-3-12(9-13)24(26)27)11-7-5-10(6-8-11)14(25,15(17,18)19)16(20,21)22/h2-3,5-7,9,11,13,25H,4,8H2,1H3. The van der Waals surface area contributed by atoms with E-state index in [1.54, 1.807) is 0 Å². The zero-order chi connectivity index (χ0) is 23.1. The lowest BCUT2D eigenvalue weighted by Gasteiger charge is -2.36. The van der Waals surface area contributed by atoms with E-state index in [0.717, 1.165) is 29.6 Å². The Labute approximate surface area is 166 Å². The Morgan fingerprint density at radius 1 is 1.13 bits per heavy atom. The van der Waals surface area contributed by atoms with Crippen molar-refractivity contribution in [2.24, 2.45) is 0 Å². The molecule has 0 saturated carbocycles. The molecule has 0 aromatic carbocycles. The molecule has 0 aromatic heterocycles. The number of nitro groups is 1. The van der Waals surface area contributed by atoms with E-state index < -0.39 is 61.9 Å². The van der Waals surface area contributed by atoms with Gasteiger partial charge in [-0.3, -0.25) is 10.1 Å². The maximum atomic E-state index is 13.0. The average Bonchev–Trinajstić information content (AvgIpc) is 2.65. The van der Waals surface area contributed by atoms with Gasteiger partial charge in [-0.2, -0.15) is 30.6 Å². The van der Waals surface area contributed by atoms with E-state index >= 15 is 0 Å². The van der Waals surface area contributed by atoms with Crippen LogP contribution in [-0.2, 0) is 10.0 Å². The number of allylic oxidation sites excluding steroid dienone is 2. The normalized spacial score (nSPS) is 23.4. The molecule has 30 heavy (non-hydrogen) atoms. The van der Waals surface area contributed by atoms with Crippen LogP contribution in [0.5, 0.6) is 0 Å². The molecule has 0 fully saturated rings. The highest BCUT2D eigenvalue weighted by molar-refractivity contribution is 7.89. The van der Waals surface area contributed by atoms with Crippen molar-refractivity contribution < 1.29 is 44.8 Å². The van der Waals surface area contributed by atoms with Crippen LogP contribution in [0.2, 0.25) is 0 Å². The van der Waals surface area contributed by atoms with Gasteiger partial charge in [0.1, 0.15) is 5.25 Å². The molecule has 0 bridgehead atoms. The lowest BCUT2D eigenvalue weighted by molar-refractivity contribution is -0.419. The van der Waals surface area contributed by atoms with Crippen LogP contribution in [0.1, 0.15) is 12.8 Å². The van der Waals surface area contributed by atoms with Crippen LogP contribution in [0.3, 0.4) is 0 Å². The number of hydrogen-bond donors (Lipinski definition) is 1. The third-order valence-electron chi connectivity index (χ3n) is 4.79. The molecule has 2 atom stereocenters. The fourth-order valence-electron chi connectivity index (χ4n) is 3.00. The smallest absolute Gasteiger partial charge is 0.370 e. The summed E-state index contributed by atoms with van der Waals surface area (Å²) in [5.74, 6) is 0. The molecule has 0 amide bonds. The number of sulfonamides is 1. The van der Waals surface area contributed by atoms with Gasteiger partial charge < -0.3 is 5.11 Å². The molecule has 0 aromatic rings. The minimum atomic E-state index is -6.05. The molecule has 0 spiro atoms. The second-order valence-electron chi connectivity index (χ2n) is 6.61. The number of halogens is 6. The molecule has 0 saturated heterocycles. The summed E-state index contributed by atoms with van der Waals surface area (Å²) >= 11 is 0. The molecule has 0 aliphatic heterocycles. The predicted octanol–water partition coefficient (Wildman–Crippen LogP) is 2.85. The Morgan fingerprint density at radius 3 is 2.13 bits per heavy atom. The first-order chi connectivity index (χ1) is 13.5. The monoisotopic (exact) mass is 462 g/mol. The van der Waals surface area contributed by atoms with Crippen molar-refractivity contribution in [2.75, 3.05) is 7.05 Å². The molecule has 168 valence electrons. The maximum Gasteiger partial charge on any atom is 0.430 e. The number of hydrogen-bond acceptors (Lipinski definition) is 5. The molecule has 2 aliphatic carbocycles. The van der Waals surface area contributed by atoms with Gasteiger partial charge in [0.25, 0.3) is 11.3 Å². The molecule has 0 heterocycles. The van der Waals surface area contributed by atoms with Gasteiger partial charge in [-0.25, -0.2) is 8.42 Å². The van der Waals surface area contributed by atoms with Crippen molar-refractivity contribution in [1.29, 1.82) is 0 Å². The molecule has 14 heteroatoms. The Morgan fingerprint density at radius 2 is 1.70 bits per heavy atom. The fraction of sp³-hybridized carbons (Fsp3) is 0.500. The first kappa shape index (κ1) is 24.1. The molecule has 1 N–H and O–H groups in total. The van der Waals surface area contributed by atoms with E-state index in [1.807, 2.05) is 0 Å². The zero-order valence-corrected chi connectivity index (χ0v) is 16.0. The van der Waals surface area contributed by atoms with E-state index in [0.29, 0.717) is 12.2 Å². The number of likely N-dealkylation sites (N-methyl/N-ethyl adjacent to an activating group) is 1. The van der Waals surface area contributed by atoms with Crippen molar-refractivity contribution in [1.82, 2.24) is 4.31 Å². The Hall–Kier alpha value is -2.19. The summed E-state index contributed by atoms with van der Waals surface area (Å²) in [5, 5.41) is 18.9. The zero-order valence-electron chi connectivity index (χ0n) is 15.2. The summed E-state index contributed by atoms with van der Waals surface area (Å²) in [6, 6.07) is -1.15. The van der Waals surface area contributed by atoms with Crippen molar-refractivity contribution >= 4 is 10.0 Å². The highest BCUT2D eigenvalue weighted by Crippen LogP contribution is 2.48. The van der Waals surface area contributed by atoms with Crippen LogP contribution in [0.4, 0.5) is 26.3 Å². The van der Waals surface area contributed by atoms with Crippen LogP contribution in [0.25, 0.3) is 0 Å². The van der Waals surface area contributed by atoms with E-state index in [1.165, 1.54) is 6.08 Å². The van der Waals surface area contributed by atoms with Crippen molar-refractivity contribution in [2.45, 2.75) is 42.1 Å². The highest BCUT2D eigenvalue weighted by Gasteiger charge is 2.71. The second kappa shape index (κ2) is 7.81. The van der Waals surface area contributed by atoms with Gasteiger partial charge >= 0.3 is 12.4 Å². The van der Waals surface area contributed by atoms with E-state index in [2.05, 4.69) is 0 Å². The van der Waals surface area contributed by atoms with Crippen LogP contribution in [0, 0.1) is 10.1 Å². The number of nitrogens with zero attached hydrogens (tertiary/aromatic N) is 2. The summed E-state index contributed by atoms with van der Waals surface area (Å²) in [7, 11) is -3.17. The summed E-state index contributed by atoms with van der Waals surface area (Å²) in [6.45, 7) is 0. The Kier molecular flexibility index (Phi) is 6.27. The van der Waals surface area contributed by atoms with Crippen molar-refractivity contribution in [3.8, 4) is 0 Å². The lowest BCUT2D eigenvalue weighted by Crippen LogP contribution is -2.58. The first-order valence-corrected chi connectivity index (χ1v) is 9.78. The summed E-state index contributed by atoms with van der Waals surface area (Å²) < 4.78 is 104. The fourth-order valence-corrected chi connectivity index (χ4v) is 4.63. The van der Waals surface area contributed by atoms with Crippen LogP contribution in [-0.4, -0.2) is 59.0 Å². The molecular weight excluding hydrogens is 446 g/mol. The van der Waals surface area contributed by atoms with Gasteiger partial charge in [-0.1, -0.05) is 24.3 Å². The topological polar surface area (TPSA) is 101 Å². The maximum absolute atomic E-state index is 13.0. The van der Waals surface area contributed by atoms with Crippen molar-refractivity contribution in [3.05, 3.63) is 57.8 Å². The van der Waals surface area contributed by atoms with Crippen LogP contribution < -0.4 is 0 Å². The first-order valence-electron chi connectivity index (χ1n) is 8.27. The van der Waals surface area contributed by atoms with Crippen LogP contribution >= 0.6 is 0 Å². The number of alkyl halides is 6. The molecule has 2 rings (SSSR count). The second-order valence-corrected chi connectivity index (χ2v) is 8.83. The van der Waals surface area contributed by atoms with E-state index in [4.69, 9.17) is 0 Å². The Balaban J connectivity index is 2.27. The summed E-state index contributed by atoms with van der Waals surface area (Å²) in [4.78, 5) is 10.1. The number of rotatable bonds is 5. The van der Waals surface area contributed by atoms with Gasteiger partial charge in [-0.15, -0.1) is 0 Å². The molecule has 2 unspecified atom stereocenters. The predicted molar refractivity (Wildman–Crippen MR) is 92.0 cm³/mol. The minimum absolute atomic E-state index is 0.0938.